The van der Waals surface area contributed by atoms with E-state index in [0.29, 0.717) is 13.2 Å². The summed E-state index contributed by atoms with van der Waals surface area (Å²) in [6, 6.07) is 7.23. The van der Waals surface area contributed by atoms with Gasteiger partial charge < -0.3 is 14.7 Å². The highest BCUT2D eigenvalue weighted by molar-refractivity contribution is 6.00. The minimum Gasteiger partial charge on any atom is -0.481 e. The molecule has 1 N–H and O–H groups in total. The lowest BCUT2D eigenvalue weighted by Crippen LogP contribution is -2.36. The summed E-state index contributed by atoms with van der Waals surface area (Å²) >= 11 is 0. The third-order valence-corrected chi connectivity index (χ3v) is 3.81. The number of benzene rings is 1. The number of rotatable bonds is 2. The van der Waals surface area contributed by atoms with E-state index in [0.717, 1.165) is 17.7 Å². The van der Waals surface area contributed by atoms with E-state index in [-0.39, 0.29) is 18.4 Å². The average molecular weight is 261 g/mol. The number of carbonyl (C=O) groups is 2. The number of hydrogen-bond donors (Lipinski definition) is 1. The Bertz CT molecular complexity index is 522. The number of carboxylic acids is 1. The van der Waals surface area contributed by atoms with Gasteiger partial charge in [-0.15, -0.1) is 0 Å². The van der Waals surface area contributed by atoms with Crippen LogP contribution < -0.4 is 4.90 Å². The molecule has 2 heterocycles. The van der Waals surface area contributed by atoms with Gasteiger partial charge in [0, 0.05) is 18.8 Å². The summed E-state index contributed by atoms with van der Waals surface area (Å²) in [6.07, 6.45) is 0.717. The van der Waals surface area contributed by atoms with Gasteiger partial charge in [-0.1, -0.05) is 18.2 Å². The summed E-state index contributed by atoms with van der Waals surface area (Å²) in [4.78, 5) is 25.3. The van der Waals surface area contributed by atoms with Crippen molar-refractivity contribution in [3.05, 3.63) is 29.8 Å². The maximum Gasteiger partial charge on any atom is 0.312 e. The van der Waals surface area contributed by atoms with Crippen molar-refractivity contribution >= 4 is 17.6 Å². The molecule has 2 aliphatic heterocycles. The van der Waals surface area contributed by atoms with Gasteiger partial charge in [-0.3, -0.25) is 9.59 Å². The number of hydrogen-bond acceptors (Lipinski definition) is 3. The number of amides is 1. The molecule has 19 heavy (non-hydrogen) atoms. The molecule has 0 spiro atoms. The number of anilines is 1. The molecule has 1 amide bonds. The molecule has 0 radical (unpaired) electrons. The lowest BCUT2D eigenvalue weighted by molar-refractivity contribution is -0.138. The molecule has 1 fully saturated rings. The molecule has 1 aromatic carbocycles. The maximum atomic E-state index is 12.4. The topological polar surface area (TPSA) is 66.8 Å². The summed E-state index contributed by atoms with van der Waals surface area (Å²) < 4.78 is 5.24. The predicted octanol–water partition coefficient (Wildman–Crippen LogP) is 1.24. The van der Waals surface area contributed by atoms with Crippen molar-refractivity contribution in [1.29, 1.82) is 0 Å². The first-order valence-corrected chi connectivity index (χ1v) is 6.39. The van der Waals surface area contributed by atoms with Gasteiger partial charge >= 0.3 is 5.97 Å². The van der Waals surface area contributed by atoms with Crippen LogP contribution in [0.15, 0.2) is 24.3 Å². The molecule has 5 nitrogen and oxygen atoms in total. The first-order chi connectivity index (χ1) is 9.18. The number of carboxylic acid groups (broad SMARTS) is 1. The molecule has 2 aliphatic rings. The van der Waals surface area contributed by atoms with Crippen LogP contribution in [0.3, 0.4) is 0 Å². The smallest absolute Gasteiger partial charge is 0.312 e. The van der Waals surface area contributed by atoms with Crippen molar-refractivity contribution in [2.24, 2.45) is 5.92 Å². The van der Waals surface area contributed by atoms with Crippen molar-refractivity contribution in [1.82, 2.24) is 0 Å². The van der Waals surface area contributed by atoms with Crippen LogP contribution in [-0.2, 0) is 14.3 Å². The van der Waals surface area contributed by atoms with Crippen LogP contribution in [0, 0.1) is 5.92 Å². The van der Waals surface area contributed by atoms with Crippen LogP contribution in [0.2, 0.25) is 0 Å². The quantitative estimate of drug-likeness (QED) is 0.869. The lowest BCUT2D eigenvalue weighted by atomic mass is 10.0. The van der Waals surface area contributed by atoms with E-state index >= 15 is 0 Å². The fourth-order valence-electron chi connectivity index (χ4n) is 2.78. The van der Waals surface area contributed by atoms with Gasteiger partial charge in [-0.25, -0.2) is 0 Å². The molecule has 0 aliphatic carbocycles. The van der Waals surface area contributed by atoms with Gasteiger partial charge in [0.05, 0.1) is 12.5 Å². The van der Waals surface area contributed by atoms with E-state index in [1.807, 2.05) is 12.1 Å². The van der Waals surface area contributed by atoms with E-state index in [2.05, 4.69) is 0 Å². The number of fused-ring (bicyclic) bond motifs is 1. The summed E-state index contributed by atoms with van der Waals surface area (Å²) in [5, 5.41) is 9.26. The summed E-state index contributed by atoms with van der Waals surface area (Å²) in [7, 11) is 0. The normalized spacial score (nSPS) is 25.4. The van der Waals surface area contributed by atoms with Gasteiger partial charge in [0.25, 0.3) is 0 Å². The fourth-order valence-corrected chi connectivity index (χ4v) is 2.78. The molecular formula is C14H15NO4. The largest absolute Gasteiger partial charge is 0.481 e. The second-order valence-electron chi connectivity index (χ2n) is 4.96. The van der Waals surface area contributed by atoms with E-state index in [1.54, 1.807) is 17.0 Å². The van der Waals surface area contributed by atoms with Crippen LogP contribution in [0.1, 0.15) is 17.9 Å². The minimum absolute atomic E-state index is 0.0197. The van der Waals surface area contributed by atoms with Gasteiger partial charge in [0.15, 0.2) is 0 Å². The Morgan fingerprint density at radius 3 is 2.79 bits per heavy atom. The number of ether oxygens (including phenoxy) is 1. The predicted molar refractivity (Wildman–Crippen MR) is 68.1 cm³/mol. The second kappa shape index (κ2) is 4.66. The monoisotopic (exact) mass is 261 g/mol. The van der Waals surface area contributed by atoms with Crippen molar-refractivity contribution < 1.29 is 19.4 Å². The molecule has 0 bridgehead atoms. The van der Waals surface area contributed by atoms with Crippen LogP contribution in [0.4, 0.5) is 5.69 Å². The zero-order valence-electron chi connectivity index (χ0n) is 10.4. The van der Waals surface area contributed by atoms with E-state index in [9.17, 15) is 14.7 Å². The van der Waals surface area contributed by atoms with Gasteiger partial charge in [0.1, 0.15) is 5.92 Å². The fraction of sp³-hybridized carbons (Fsp3) is 0.429. The van der Waals surface area contributed by atoms with Crippen LogP contribution in [0.25, 0.3) is 0 Å². The Morgan fingerprint density at radius 2 is 2.11 bits per heavy atom. The maximum absolute atomic E-state index is 12.4. The summed E-state index contributed by atoms with van der Waals surface area (Å²) in [5.74, 6) is -1.66. The molecule has 3 rings (SSSR count). The highest BCUT2D eigenvalue weighted by Gasteiger charge is 2.39. The SMILES string of the molecule is O=C(O)[C@@H]1CN(C(=O)[C@@H]2CCOC2)c2ccccc21. The first-order valence-electron chi connectivity index (χ1n) is 6.39. The number of para-hydroxylation sites is 1. The van der Waals surface area contributed by atoms with Gasteiger partial charge in [-0.2, -0.15) is 0 Å². The molecule has 0 aromatic heterocycles. The summed E-state index contributed by atoms with van der Waals surface area (Å²) in [6.45, 7) is 1.27. The third kappa shape index (κ3) is 2.00. The standard InChI is InChI=1S/C14H15NO4/c16-13(9-5-6-19-8-9)15-7-11(14(17)18)10-3-1-2-4-12(10)15/h1-4,9,11H,5-8H2,(H,17,18)/t9-,11-/m1/s1. The Balaban J connectivity index is 1.91. The molecule has 100 valence electrons. The zero-order chi connectivity index (χ0) is 13.4. The van der Waals surface area contributed by atoms with E-state index < -0.39 is 11.9 Å². The van der Waals surface area contributed by atoms with E-state index in [1.165, 1.54) is 0 Å². The number of carbonyl (C=O) groups excluding carboxylic acids is 1. The Labute approximate surface area is 110 Å². The van der Waals surface area contributed by atoms with Gasteiger partial charge in [-0.05, 0) is 18.1 Å². The van der Waals surface area contributed by atoms with Crippen LogP contribution >= 0.6 is 0 Å². The lowest BCUT2D eigenvalue weighted by Gasteiger charge is -2.20. The molecule has 0 saturated carbocycles. The highest BCUT2D eigenvalue weighted by Crippen LogP contribution is 2.37. The molecular weight excluding hydrogens is 246 g/mol. The molecule has 1 aromatic rings. The van der Waals surface area contributed by atoms with Crippen molar-refractivity contribution in [3.8, 4) is 0 Å². The van der Waals surface area contributed by atoms with Crippen molar-refractivity contribution in [3.63, 3.8) is 0 Å². The van der Waals surface area contributed by atoms with Crippen molar-refractivity contribution in [2.45, 2.75) is 12.3 Å². The number of aliphatic carboxylic acids is 1. The Hall–Kier alpha value is -1.88. The zero-order valence-corrected chi connectivity index (χ0v) is 10.4. The Morgan fingerprint density at radius 1 is 1.32 bits per heavy atom. The molecule has 0 unspecified atom stereocenters. The van der Waals surface area contributed by atoms with Crippen LogP contribution in [-0.4, -0.2) is 36.7 Å². The second-order valence-corrected chi connectivity index (χ2v) is 4.96. The molecule has 5 heteroatoms. The first kappa shape index (κ1) is 12.2. The number of nitrogens with zero attached hydrogens (tertiary/aromatic N) is 1. The van der Waals surface area contributed by atoms with Crippen LogP contribution in [0.5, 0.6) is 0 Å². The Kier molecular flexibility index (Phi) is 2.98. The third-order valence-electron chi connectivity index (χ3n) is 3.81. The average Bonchev–Trinajstić information content (AvgIpc) is 3.05. The summed E-state index contributed by atoms with van der Waals surface area (Å²) in [5.41, 5.74) is 1.45. The highest BCUT2D eigenvalue weighted by atomic mass is 16.5. The molecule has 1 saturated heterocycles. The van der Waals surface area contributed by atoms with E-state index in [4.69, 9.17) is 4.74 Å². The minimum atomic E-state index is -0.884. The van der Waals surface area contributed by atoms with Gasteiger partial charge in [0.2, 0.25) is 5.91 Å². The molecule has 2 atom stereocenters. The van der Waals surface area contributed by atoms with Crippen molar-refractivity contribution in [2.75, 3.05) is 24.7 Å².